The molecule has 23 heavy (non-hydrogen) atoms. The minimum atomic E-state index is -0.731. The summed E-state index contributed by atoms with van der Waals surface area (Å²) in [5.41, 5.74) is 5.56. The summed E-state index contributed by atoms with van der Waals surface area (Å²) < 4.78 is 11.3. The summed E-state index contributed by atoms with van der Waals surface area (Å²) >= 11 is 0. The molecule has 2 heterocycles. The minimum Gasteiger partial charge on any atom is -0.490 e. The quantitative estimate of drug-likeness (QED) is 0.914. The van der Waals surface area contributed by atoms with Crippen LogP contribution in [0.3, 0.4) is 0 Å². The summed E-state index contributed by atoms with van der Waals surface area (Å²) in [6.07, 6.45) is 3.12. The first-order valence-corrected chi connectivity index (χ1v) is 8.05. The number of carbonyl (C=O) groups is 1. The van der Waals surface area contributed by atoms with Crippen LogP contribution in [0, 0.1) is 0 Å². The summed E-state index contributed by atoms with van der Waals surface area (Å²) in [7, 11) is 0. The van der Waals surface area contributed by atoms with Crippen molar-refractivity contribution in [1.29, 1.82) is 0 Å². The van der Waals surface area contributed by atoms with Gasteiger partial charge in [-0.1, -0.05) is 18.2 Å². The Balaban J connectivity index is 0.00000192. The van der Waals surface area contributed by atoms with Crippen LogP contribution >= 0.6 is 12.4 Å². The van der Waals surface area contributed by atoms with E-state index in [1.165, 1.54) is 0 Å². The number of piperidine rings is 1. The zero-order chi connectivity index (χ0) is 15.4. The maximum Gasteiger partial charge on any atom is 0.242 e. The van der Waals surface area contributed by atoms with Crippen molar-refractivity contribution in [2.24, 2.45) is 5.73 Å². The maximum atomic E-state index is 12.6. The molecule has 1 amide bonds. The van der Waals surface area contributed by atoms with Gasteiger partial charge in [0.2, 0.25) is 5.91 Å². The third-order valence-electron chi connectivity index (χ3n) is 4.59. The lowest BCUT2D eigenvalue weighted by atomic mass is 9.89. The monoisotopic (exact) mass is 340 g/mol. The normalized spacial score (nSPS) is 21.3. The number of nitrogens with two attached hydrogens (primary N) is 1. The lowest BCUT2D eigenvalue weighted by molar-refractivity contribution is -0.142. The second-order valence-corrected chi connectivity index (χ2v) is 6.19. The third kappa shape index (κ3) is 4.37. The van der Waals surface area contributed by atoms with Crippen molar-refractivity contribution in [1.82, 2.24) is 4.90 Å². The number of hydrogen-bond acceptors (Lipinski definition) is 4. The van der Waals surface area contributed by atoms with Crippen LogP contribution in [0.1, 0.15) is 25.7 Å². The summed E-state index contributed by atoms with van der Waals surface area (Å²) in [5.74, 6) is 0.973. The van der Waals surface area contributed by atoms with E-state index < -0.39 is 5.54 Å². The van der Waals surface area contributed by atoms with Crippen LogP contribution in [0.25, 0.3) is 0 Å². The van der Waals surface area contributed by atoms with E-state index in [-0.39, 0.29) is 24.4 Å². The molecule has 128 valence electrons. The van der Waals surface area contributed by atoms with Gasteiger partial charge in [-0.15, -0.1) is 12.4 Å². The van der Waals surface area contributed by atoms with Crippen molar-refractivity contribution in [3.63, 3.8) is 0 Å². The highest BCUT2D eigenvalue weighted by atomic mass is 35.5. The lowest BCUT2D eigenvalue weighted by Gasteiger charge is -2.39. The fraction of sp³-hybridized carbons (Fsp3) is 0.588. The first-order chi connectivity index (χ1) is 10.7. The van der Waals surface area contributed by atoms with E-state index in [0.29, 0.717) is 26.1 Å². The van der Waals surface area contributed by atoms with Gasteiger partial charge in [-0.2, -0.15) is 0 Å². The molecular weight excluding hydrogens is 316 g/mol. The van der Waals surface area contributed by atoms with E-state index in [9.17, 15) is 4.79 Å². The second-order valence-electron chi connectivity index (χ2n) is 6.19. The number of nitrogens with zero attached hydrogens (tertiary/aromatic N) is 1. The number of carbonyl (C=O) groups excluding carboxylic acids is 1. The average molecular weight is 341 g/mol. The van der Waals surface area contributed by atoms with Gasteiger partial charge in [0, 0.05) is 39.1 Å². The zero-order valence-electron chi connectivity index (χ0n) is 13.3. The van der Waals surface area contributed by atoms with Gasteiger partial charge in [-0.3, -0.25) is 4.79 Å². The Hall–Kier alpha value is -1.30. The highest BCUT2D eigenvalue weighted by Crippen LogP contribution is 2.24. The highest BCUT2D eigenvalue weighted by Gasteiger charge is 2.40. The maximum absolute atomic E-state index is 12.6. The molecule has 0 unspecified atom stereocenters. The molecule has 3 rings (SSSR count). The number of ether oxygens (including phenoxy) is 2. The molecule has 2 fully saturated rings. The van der Waals surface area contributed by atoms with Crippen molar-refractivity contribution in [3.8, 4) is 5.75 Å². The molecule has 0 spiro atoms. The van der Waals surface area contributed by atoms with Gasteiger partial charge in [0.15, 0.2) is 0 Å². The van der Waals surface area contributed by atoms with E-state index >= 15 is 0 Å². The van der Waals surface area contributed by atoms with Crippen LogP contribution in [0.5, 0.6) is 5.75 Å². The number of benzene rings is 1. The molecule has 1 aromatic rings. The molecule has 6 heteroatoms. The van der Waals surface area contributed by atoms with Gasteiger partial charge in [-0.25, -0.2) is 0 Å². The van der Waals surface area contributed by atoms with E-state index in [0.717, 1.165) is 31.7 Å². The first-order valence-electron chi connectivity index (χ1n) is 8.05. The summed E-state index contributed by atoms with van der Waals surface area (Å²) in [6.45, 7) is 2.60. The van der Waals surface area contributed by atoms with E-state index in [1.807, 2.05) is 35.2 Å². The topological polar surface area (TPSA) is 64.8 Å². The molecule has 2 N–H and O–H groups in total. The molecule has 0 saturated carbocycles. The number of amides is 1. The Labute approximate surface area is 143 Å². The number of halogens is 1. The molecule has 2 saturated heterocycles. The van der Waals surface area contributed by atoms with Gasteiger partial charge in [0.05, 0.1) is 5.54 Å². The van der Waals surface area contributed by atoms with Crippen molar-refractivity contribution in [2.75, 3.05) is 26.3 Å². The van der Waals surface area contributed by atoms with Crippen molar-refractivity contribution >= 4 is 18.3 Å². The summed E-state index contributed by atoms with van der Waals surface area (Å²) in [5, 5.41) is 0. The Morgan fingerprint density at radius 3 is 2.39 bits per heavy atom. The van der Waals surface area contributed by atoms with Crippen LogP contribution in [0.15, 0.2) is 30.3 Å². The van der Waals surface area contributed by atoms with Crippen molar-refractivity contribution in [3.05, 3.63) is 30.3 Å². The number of likely N-dealkylation sites (tertiary alicyclic amines) is 1. The molecule has 0 atom stereocenters. The van der Waals surface area contributed by atoms with E-state index in [1.54, 1.807) is 0 Å². The standard InChI is InChI=1S/C17H24N2O3.ClH/c18-17(8-12-21-13-9-17)16(20)19-10-6-15(7-11-19)22-14-4-2-1-3-5-14;/h1-5,15H,6-13,18H2;1H. The van der Waals surface area contributed by atoms with Crippen LogP contribution in [0.2, 0.25) is 0 Å². The Morgan fingerprint density at radius 2 is 1.78 bits per heavy atom. The summed E-state index contributed by atoms with van der Waals surface area (Å²) in [4.78, 5) is 14.5. The Kier molecular flexibility index (Phi) is 6.27. The largest absolute Gasteiger partial charge is 0.490 e. The molecule has 0 radical (unpaired) electrons. The Morgan fingerprint density at radius 1 is 1.17 bits per heavy atom. The Bertz CT molecular complexity index is 498. The number of rotatable bonds is 3. The predicted octanol–water partition coefficient (Wildman–Crippen LogP) is 1.99. The third-order valence-corrected chi connectivity index (χ3v) is 4.59. The SMILES string of the molecule is Cl.NC1(C(=O)N2CCC(Oc3ccccc3)CC2)CCOCC1. The first kappa shape index (κ1) is 18.0. The number of hydrogen-bond donors (Lipinski definition) is 1. The minimum absolute atomic E-state index is 0. The van der Waals surface area contributed by atoms with Crippen LogP contribution in [0.4, 0.5) is 0 Å². The molecule has 1 aromatic carbocycles. The van der Waals surface area contributed by atoms with Crippen LogP contribution < -0.4 is 10.5 Å². The number of para-hydroxylation sites is 1. The molecule has 2 aliphatic rings. The molecular formula is C17H25ClN2O3. The second kappa shape index (κ2) is 7.99. The fourth-order valence-electron chi connectivity index (χ4n) is 3.13. The smallest absolute Gasteiger partial charge is 0.242 e. The molecule has 0 aliphatic carbocycles. The molecule has 5 nitrogen and oxygen atoms in total. The highest BCUT2D eigenvalue weighted by molar-refractivity contribution is 5.86. The molecule has 2 aliphatic heterocycles. The van der Waals surface area contributed by atoms with E-state index in [2.05, 4.69) is 0 Å². The molecule has 0 bridgehead atoms. The van der Waals surface area contributed by atoms with Gasteiger partial charge in [0.1, 0.15) is 11.9 Å². The van der Waals surface area contributed by atoms with Crippen LogP contribution in [-0.4, -0.2) is 48.8 Å². The van der Waals surface area contributed by atoms with Crippen molar-refractivity contribution in [2.45, 2.75) is 37.3 Å². The predicted molar refractivity (Wildman–Crippen MR) is 90.9 cm³/mol. The van der Waals surface area contributed by atoms with E-state index in [4.69, 9.17) is 15.2 Å². The lowest BCUT2D eigenvalue weighted by Crippen LogP contribution is -2.59. The van der Waals surface area contributed by atoms with Gasteiger partial charge < -0.3 is 20.1 Å². The average Bonchev–Trinajstić information content (AvgIpc) is 2.56. The van der Waals surface area contributed by atoms with Gasteiger partial charge in [-0.05, 0) is 25.0 Å². The van der Waals surface area contributed by atoms with Crippen molar-refractivity contribution < 1.29 is 14.3 Å². The summed E-state index contributed by atoms with van der Waals surface area (Å²) in [6, 6.07) is 9.85. The van der Waals surface area contributed by atoms with Gasteiger partial charge in [0.25, 0.3) is 0 Å². The van der Waals surface area contributed by atoms with Crippen LogP contribution in [-0.2, 0) is 9.53 Å². The molecule has 0 aromatic heterocycles. The zero-order valence-corrected chi connectivity index (χ0v) is 14.1. The fourth-order valence-corrected chi connectivity index (χ4v) is 3.13. The van der Waals surface area contributed by atoms with Gasteiger partial charge >= 0.3 is 0 Å².